The van der Waals surface area contributed by atoms with Crippen LogP contribution in [-0.4, -0.2) is 45.5 Å². The Kier molecular flexibility index (Phi) is 7.84. The summed E-state index contributed by atoms with van der Waals surface area (Å²) in [4.78, 5) is 24.1. The summed E-state index contributed by atoms with van der Waals surface area (Å²) in [6, 6.07) is 8.38. The number of methoxy groups -OCH3 is 1. The number of anilines is 1. The number of carbonyl (C=O) groups excluding carboxylic acids is 2. The van der Waals surface area contributed by atoms with Crippen molar-refractivity contribution in [2.75, 3.05) is 24.4 Å². The van der Waals surface area contributed by atoms with Crippen LogP contribution in [0.15, 0.2) is 46.0 Å². The van der Waals surface area contributed by atoms with Gasteiger partial charge in [0.05, 0.1) is 12.7 Å². The number of nitrogens with one attached hydrogen (secondary N) is 2. The van der Waals surface area contributed by atoms with Gasteiger partial charge in [-0.3, -0.25) is 4.79 Å². The first-order chi connectivity index (χ1) is 12.9. The van der Waals surface area contributed by atoms with Crippen molar-refractivity contribution < 1.29 is 22.7 Å². The highest BCUT2D eigenvalue weighted by Gasteiger charge is 2.26. The molecule has 27 heavy (non-hydrogen) atoms. The van der Waals surface area contributed by atoms with Crippen LogP contribution in [0.25, 0.3) is 0 Å². The number of thiophene rings is 1. The first-order valence-corrected chi connectivity index (χ1v) is 11.7. The largest absolute Gasteiger partial charge is 0.465 e. The van der Waals surface area contributed by atoms with E-state index >= 15 is 0 Å². The van der Waals surface area contributed by atoms with E-state index in [-0.39, 0.29) is 4.21 Å². The Labute approximate surface area is 166 Å². The minimum absolute atomic E-state index is 0.159. The van der Waals surface area contributed by atoms with Gasteiger partial charge in [-0.25, -0.2) is 13.2 Å². The number of esters is 1. The maximum atomic E-state index is 12.6. The summed E-state index contributed by atoms with van der Waals surface area (Å²) in [6.45, 7) is 0. The number of hydrogen-bond acceptors (Lipinski definition) is 7. The molecule has 1 unspecified atom stereocenters. The van der Waals surface area contributed by atoms with Crippen LogP contribution in [0.5, 0.6) is 0 Å². The fourth-order valence-electron chi connectivity index (χ4n) is 2.18. The zero-order chi connectivity index (χ0) is 19.9. The predicted octanol–water partition coefficient (Wildman–Crippen LogP) is 2.57. The van der Waals surface area contributed by atoms with E-state index in [0.717, 1.165) is 11.3 Å². The van der Waals surface area contributed by atoms with E-state index in [2.05, 4.69) is 14.8 Å². The fourth-order valence-corrected chi connectivity index (χ4v) is 4.89. The fraction of sp³-hybridized carbons (Fsp3) is 0.294. The number of thioether (sulfide) groups is 1. The molecule has 2 rings (SSSR count). The quantitative estimate of drug-likeness (QED) is 0.595. The van der Waals surface area contributed by atoms with Gasteiger partial charge in [-0.15, -0.1) is 11.3 Å². The molecule has 0 spiro atoms. The van der Waals surface area contributed by atoms with Crippen molar-refractivity contribution in [2.45, 2.75) is 16.7 Å². The van der Waals surface area contributed by atoms with Gasteiger partial charge < -0.3 is 10.1 Å². The Bertz CT molecular complexity index is 864. The molecule has 1 atom stereocenters. The number of hydrogen-bond donors (Lipinski definition) is 2. The topological polar surface area (TPSA) is 102 Å². The van der Waals surface area contributed by atoms with Crippen molar-refractivity contribution in [3.63, 3.8) is 0 Å². The molecule has 2 aromatic rings. The molecule has 10 heteroatoms. The molecule has 0 fully saturated rings. The third-order valence-electron chi connectivity index (χ3n) is 3.56. The minimum Gasteiger partial charge on any atom is -0.465 e. The first-order valence-electron chi connectivity index (χ1n) is 7.91. The second-order valence-corrected chi connectivity index (χ2v) is 9.32. The van der Waals surface area contributed by atoms with Crippen LogP contribution in [-0.2, 0) is 19.6 Å². The van der Waals surface area contributed by atoms with Crippen molar-refractivity contribution >= 4 is 50.7 Å². The molecule has 1 heterocycles. The average molecular weight is 429 g/mol. The van der Waals surface area contributed by atoms with Gasteiger partial charge in [0.1, 0.15) is 10.3 Å². The second-order valence-electron chi connectivity index (χ2n) is 5.45. The van der Waals surface area contributed by atoms with Crippen LogP contribution >= 0.6 is 23.1 Å². The molecule has 1 aromatic heterocycles. The third kappa shape index (κ3) is 6.06. The summed E-state index contributed by atoms with van der Waals surface area (Å²) in [5.41, 5.74) is 0.810. The molecule has 7 nitrogen and oxygen atoms in total. The molecule has 0 radical (unpaired) electrons. The van der Waals surface area contributed by atoms with Crippen molar-refractivity contribution in [3.8, 4) is 0 Å². The molecule has 146 valence electrons. The number of ether oxygens (including phenoxy) is 1. The first kappa shape index (κ1) is 21.4. The summed E-state index contributed by atoms with van der Waals surface area (Å²) in [7, 11) is -2.48. The molecule has 2 N–H and O–H groups in total. The van der Waals surface area contributed by atoms with E-state index < -0.39 is 27.9 Å². The van der Waals surface area contributed by atoms with Crippen LogP contribution in [0.2, 0.25) is 0 Å². The molecule has 0 aliphatic carbocycles. The number of rotatable bonds is 9. The normalized spacial score (nSPS) is 12.4. The molecular formula is C17H20N2O5S3. The number of carbonyl (C=O) groups is 2. The lowest BCUT2D eigenvalue weighted by Gasteiger charge is -2.18. The van der Waals surface area contributed by atoms with Gasteiger partial charge in [0.25, 0.3) is 10.0 Å². The van der Waals surface area contributed by atoms with E-state index in [1.165, 1.54) is 37.1 Å². The average Bonchev–Trinajstić information content (AvgIpc) is 3.20. The Morgan fingerprint density at radius 2 is 1.93 bits per heavy atom. The summed E-state index contributed by atoms with van der Waals surface area (Å²) < 4.78 is 32.1. The minimum atomic E-state index is -3.77. The summed E-state index contributed by atoms with van der Waals surface area (Å²) >= 11 is 2.61. The van der Waals surface area contributed by atoms with E-state index in [0.29, 0.717) is 23.4 Å². The summed E-state index contributed by atoms with van der Waals surface area (Å²) in [5.74, 6) is -0.323. The van der Waals surface area contributed by atoms with Gasteiger partial charge in [0.2, 0.25) is 5.91 Å². The molecule has 1 aromatic carbocycles. The smallest absolute Gasteiger partial charge is 0.337 e. The van der Waals surface area contributed by atoms with Crippen LogP contribution in [0.3, 0.4) is 0 Å². The van der Waals surface area contributed by atoms with Crippen LogP contribution in [0.1, 0.15) is 16.8 Å². The second kappa shape index (κ2) is 9.88. The molecule has 1 amide bonds. The highest BCUT2D eigenvalue weighted by atomic mass is 32.2. The van der Waals surface area contributed by atoms with Crippen LogP contribution < -0.4 is 10.0 Å². The van der Waals surface area contributed by atoms with Crippen molar-refractivity contribution in [1.29, 1.82) is 0 Å². The molecule has 0 aliphatic rings. The number of benzene rings is 1. The highest BCUT2D eigenvalue weighted by Crippen LogP contribution is 2.18. The molecule has 0 saturated heterocycles. The Balaban J connectivity index is 2.11. The zero-order valence-corrected chi connectivity index (χ0v) is 17.2. The van der Waals surface area contributed by atoms with E-state index in [9.17, 15) is 18.0 Å². The Hall–Kier alpha value is -1.88. The zero-order valence-electron chi connectivity index (χ0n) is 14.8. The van der Waals surface area contributed by atoms with E-state index in [1.807, 2.05) is 6.26 Å². The lowest BCUT2D eigenvalue weighted by Crippen LogP contribution is -2.43. The van der Waals surface area contributed by atoms with E-state index in [1.54, 1.807) is 23.6 Å². The lowest BCUT2D eigenvalue weighted by molar-refractivity contribution is -0.117. The highest BCUT2D eigenvalue weighted by molar-refractivity contribution is 7.98. The van der Waals surface area contributed by atoms with Crippen LogP contribution in [0, 0.1) is 0 Å². The van der Waals surface area contributed by atoms with Gasteiger partial charge >= 0.3 is 5.97 Å². The number of sulfonamides is 1. The van der Waals surface area contributed by atoms with Crippen molar-refractivity contribution in [2.24, 2.45) is 0 Å². The van der Waals surface area contributed by atoms with Gasteiger partial charge in [-0.05, 0) is 54.1 Å². The van der Waals surface area contributed by atoms with Gasteiger partial charge in [0.15, 0.2) is 0 Å². The lowest BCUT2D eigenvalue weighted by atomic mass is 10.2. The molecular weight excluding hydrogens is 408 g/mol. The number of amides is 1. The molecule has 0 bridgehead atoms. The van der Waals surface area contributed by atoms with Gasteiger partial charge in [-0.2, -0.15) is 16.5 Å². The van der Waals surface area contributed by atoms with Gasteiger partial charge in [0, 0.05) is 5.69 Å². The van der Waals surface area contributed by atoms with Gasteiger partial charge in [-0.1, -0.05) is 6.07 Å². The maximum Gasteiger partial charge on any atom is 0.337 e. The Morgan fingerprint density at radius 3 is 2.48 bits per heavy atom. The summed E-state index contributed by atoms with van der Waals surface area (Å²) in [6.07, 6.45) is 2.23. The molecule has 0 aliphatic heterocycles. The predicted molar refractivity (Wildman–Crippen MR) is 108 cm³/mol. The van der Waals surface area contributed by atoms with E-state index in [4.69, 9.17) is 0 Å². The third-order valence-corrected chi connectivity index (χ3v) is 7.07. The standard InChI is InChI=1S/C17H20N2O5S3/c1-24-17(21)12-5-7-13(8-6-12)18-16(20)14(9-11-25-2)19-27(22,23)15-4-3-10-26-15/h3-8,10,14,19H,9,11H2,1-2H3,(H,18,20). The SMILES string of the molecule is COC(=O)c1ccc(NC(=O)C(CCSC)NS(=O)(=O)c2cccs2)cc1. The monoisotopic (exact) mass is 428 g/mol. The Morgan fingerprint density at radius 1 is 1.22 bits per heavy atom. The molecule has 0 saturated carbocycles. The van der Waals surface area contributed by atoms with Crippen molar-refractivity contribution in [1.82, 2.24) is 4.72 Å². The van der Waals surface area contributed by atoms with Crippen LogP contribution in [0.4, 0.5) is 5.69 Å². The van der Waals surface area contributed by atoms with Crippen molar-refractivity contribution in [3.05, 3.63) is 47.3 Å². The maximum absolute atomic E-state index is 12.6. The summed E-state index contributed by atoms with van der Waals surface area (Å²) in [5, 5.41) is 4.34.